The molecule has 0 aromatic heterocycles. The Balaban J connectivity index is 1.99. The Morgan fingerprint density at radius 3 is 1.60 bits per heavy atom. The third-order valence-corrected chi connectivity index (χ3v) is 30.1. The van der Waals surface area contributed by atoms with E-state index in [1.165, 1.54) is 19.4 Å². The summed E-state index contributed by atoms with van der Waals surface area (Å²) in [5.41, 5.74) is 6.03. The van der Waals surface area contributed by atoms with Crippen LogP contribution in [-0.2, 0) is 18.3 Å². The van der Waals surface area contributed by atoms with Crippen LogP contribution in [0, 0.1) is 0 Å². The molecule has 0 saturated heterocycles. The van der Waals surface area contributed by atoms with Crippen molar-refractivity contribution in [2.75, 3.05) is 0 Å². The maximum atomic E-state index is 2.75. The number of allylic oxidation sites excluding steroid dienone is 2. The van der Waals surface area contributed by atoms with E-state index in [1.807, 2.05) is 0 Å². The molecule has 0 heterocycles. The quantitative estimate of drug-likeness (QED) is 0.516. The predicted octanol–water partition coefficient (Wildman–Crippen LogP) is 6.91. The zero-order valence-corrected chi connectivity index (χ0v) is 18.0. The Bertz CT molecular complexity index is 867. The van der Waals surface area contributed by atoms with Crippen LogP contribution in [0.5, 0.6) is 0 Å². The molecular formula is C24H28Zr. The van der Waals surface area contributed by atoms with Gasteiger partial charge in [-0.15, -0.1) is 0 Å². The molecule has 2 aromatic rings. The van der Waals surface area contributed by atoms with Crippen LogP contribution in [0.15, 0.2) is 60.7 Å². The van der Waals surface area contributed by atoms with Crippen LogP contribution in [-0.4, -0.2) is 3.71 Å². The van der Waals surface area contributed by atoms with Gasteiger partial charge in [0.15, 0.2) is 0 Å². The van der Waals surface area contributed by atoms with Crippen molar-refractivity contribution in [1.29, 1.82) is 0 Å². The van der Waals surface area contributed by atoms with E-state index >= 15 is 0 Å². The molecule has 0 fully saturated rings. The van der Waals surface area contributed by atoms with E-state index in [4.69, 9.17) is 0 Å². The van der Waals surface area contributed by atoms with Crippen molar-refractivity contribution in [2.45, 2.75) is 36.3 Å². The molecule has 0 aliphatic heterocycles. The third-order valence-electron chi connectivity index (χ3n) is 7.66. The van der Waals surface area contributed by atoms with Crippen molar-refractivity contribution in [2.24, 2.45) is 0 Å². The summed E-state index contributed by atoms with van der Waals surface area (Å²) in [4.78, 5) is 0. The van der Waals surface area contributed by atoms with Crippen LogP contribution in [0.4, 0.5) is 0 Å². The first-order chi connectivity index (χ1) is 12.2. The summed E-state index contributed by atoms with van der Waals surface area (Å²) in [6.07, 6.45) is 9.87. The molecule has 1 heteroatoms. The number of hydrogen-bond donors (Lipinski definition) is 0. The predicted molar refractivity (Wildman–Crippen MR) is 109 cm³/mol. The first-order valence-corrected chi connectivity index (χ1v) is 17.4. The molecule has 0 bridgehead atoms. The van der Waals surface area contributed by atoms with Gasteiger partial charge in [-0.05, 0) is 0 Å². The molecule has 0 N–H and O–H groups in total. The molecule has 2 atom stereocenters. The normalized spacial score (nSPS) is 21.3. The number of rotatable bonds is 4. The Morgan fingerprint density at radius 1 is 0.760 bits per heavy atom. The van der Waals surface area contributed by atoms with Crippen LogP contribution in [0.2, 0.25) is 8.26 Å². The van der Waals surface area contributed by atoms with Crippen LogP contribution < -0.4 is 0 Å². The van der Waals surface area contributed by atoms with Gasteiger partial charge < -0.3 is 0 Å². The topological polar surface area (TPSA) is 0 Å². The maximum absolute atomic E-state index is 3.35. The van der Waals surface area contributed by atoms with Gasteiger partial charge in [0.1, 0.15) is 0 Å². The molecule has 0 spiro atoms. The summed E-state index contributed by atoms with van der Waals surface area (Å²) in [6, 6.07) is 18.1. The van der Waals surface area contributed by atoms with Crippen molar-refractivity contribution in [3.05, 3.63) is 82.9 Å². The second-order valence-electron chi connectivity index (χ2n) is 7.90. The van der Waals surface area contributed by atoms with Gasteiger partial charge in [-0.25, -0.2) is 0 Å². The van der Waals surface area contributed by atoms with E-state index in [1.54, 1.807) is 11.1 Å². The fraction of sp³-hybridized carbons (Fsp3) is 0.292. The van der Waals surface area contributed by atoms with E-state index in [2.05, 4.69) is 97.3 Å². The Kier molecular flexibility index (Phi) is 4.20. The minimum absolute atomic E-state index is 0.624. The minimum atomic E-state index is -3.35. The van der Waals surface area contributed by atoms with Gasteiger partial charge in [0.05, 0.1) is 0 Å². The zero-order valence-electron chi connectivity index (χ0n) is 15.6. The number of fused-ring (bicyclic) bond motifs is 2. The standard InChI is InChI=1S/2C9H7.2C2H5.C2H4.Zr/c2*1-2-5-9-7-3-6-8(9)4-1;3*1-2;/h2*1-7H;2*1H2,2H3;1H,2H3;. The van der Waals surface area contributed by atoms with E-state index in [0.29, 0.717) is 7.25 Å². The van der Waals surface area contributed by atoms with Gasteiger partial charge in [0, 0.05) is 0 Å². The monoisotopic (exact) mass is 406 g/mol. The van der Waals surface area contributed by atoms with Gasteiger partial charge in [-0.1, -0.05) is 0 Å². The third kappa shape index (κ3) is 2.18. The number of benzene rings is 2. The first-order valence-electron chi connectivity index (χ1n) is 9.71. The molecule has 0 amide bonds. The van der Waals surface area contributed by atoms with Gasteiger partial charge in [0.2, 0.25) is 0 Å². The average Bonchev–Trinajstić information content (AvgIpc) is 3.31. The molecular weight excluding hydrogens is 379 g/mol. The molecule has 2 unspecified atom stereocenters. The van der Waals surface area contributed by atoms with E-state index in [0.717, 1.165) is 0 Å². The van der Waals surface area contributed by atoms with E-state index in [9.17, 15) is 0 Å². The second kappa shape index (κ2) is 6.13. The van der Waals surface area contributed by atoms with Crippen molar-refractivity contribution in [1.82, 2.24) is 0 Å². The van der Waals surface area contributed by atoms with Crippen LogP contribution in [0.25, 0.3) is 12.2 Å². The average molecular weight is 408 g/mol. The molecule has 128 valence electrons. The number of hydrogen-bond acceptors (Lipinski definition) is 0. The second-order valence-corrected chi connectivity index (χ2v) is 25.6. The SMILES string of the molecule is C[CH]=[Zr]([CH2]C)([CH2]C)([CH]1C=Cc2ccccc21)[CH]1C=Cc2ccccc21. The van der Waals surface area contributed by atoms with Gasteiger partial charge in [-0.2, -0.15) is 0 Å². The summed E-state index contributed by atoms with van der Waals surface area (Å²) >= 11 is -3.35. The Morgan fingerprint density at radius 2 is 1.20 bits per heavy atom. The molecule has 0 saturated carbocycles. The molecule has 4 rings (SSSR count). The van der Waals surface area contributed by atoms with E-state index in [-0.39, 0.29) is 0 Å². The van der Waals surface area contributed by atoms with E-state index < -0.39 is 18.3 Å². The van der Waals surface area contributed by atoms with Gasteiger partial charge >= 0.3 is 153 Å². The fourth-order valence-electron chi connectivity index (χ4n) is 5.88. The van der Waals surface area contributed by atoms with Crippen molar-refractivity contribution in [3.63, 3.8) is 0 Å². The molecule has 2 aliphatic carbocycles. The van der Waals surface area contributed by atoms with Crippen molar-refractivity contribution in [3.8, 4) is 0 Å². The van der Waals surface area contributed by atoms with Crippen molar-refractivity contribution < 1.29 is 18.3 Å². The summed E-state index contributed by atoms with van der Waals surface area (Å²) in [7, 11) is 0. The summed E-state index contributed by atoms with van der Waals surface area (Å²) in [5, 5.41) is 0. The molecule has 0 nitrogen and oxygen atoms in total. The van der Waals surface area contributed by atoms with Crippen LogP contribution >= 0.6 is 0 Å². The first kappa shape index (κ1) is 17.1. The fourth-order valence-corrected chi connectivity index (χ4v) is 24.3. The van der Waals surface area contributed by atoms with Gasteiger partial charge in [0.25, 0.3) is 0 Å². The van der Waals surface area contributed by atoms with Gasteiger partial charge in [-0.3, -0.25) is 0 Å². The van der Waals surface area contributed by atoms with Crippen LogP contribution in [0.1, 0.15) is 50.3 Å². The van der Waals surface area contributed by atoms with Crippen LogP contribution in [0.3, 0.4) is 0 Å². The Hall–Kier alpha value is -1.33. The zero-order chi connectivity index (χ0) is 17.5. The summed E-state index contributed by atoms with van der Waals surface area (Å²) in [5.74, 6) is 0. The molecule has 0 radical (unpaired) electrons. The summed E-state index contributed by atoms with van der Waals surface area (Å²) < 4.78 is 6.66. The molecule has 2 aromatic carbocycles. The van der Waals surface area contributed by atoms with Crippen molar-refractivity contribution >= 4 is 15.9 Å². The Labute approximate surface area is 152 Å². The molecule has 25 heavy (non-hydrogen) atoms. The summed E-state index contributed by atoms with van der Waals surface area (Å²) in [6.45, 7) is 7.32. The molecule has 2 aliphatic rings.